The van der Waals surface area contributed by atoms with Crippen LogP contribution in [0.4, 0.5) is 0 Å². The van der Waals surface area contributed by atoms with E-state index < -0.39 is 23.8 Å². The summed E-state index contributed by atoms with van der Waals surface area (Å²) in [6, 6.07) is 9.34. The Morgan fingerprint density at radius 2 is 1.48 bits per heavy atom. The quantitative estimate of drug-likeness (QED) is 0.187. The number of benzene rings is 2. The van der Waals surface area contributed by atoms with Crippen molar-refractivity contribution in [1.82, 2.24) is 4.90 Å². The van der Waals surface area contributed by atoms with Gasteiger partial charge in [-0.2, -0.15) is 0 Å². The second kappa shape index (κ2) is 13.2. The molecule has 1 aromatic heterocycles. The van der Waals surface area contributed by atoms with Gasteiger partial charge in [0.25, 0.3) is 0 Å². The van der Waals surface area contributed by atoms with Crippen molar-refractivity contribution in [3.05, 3.63) is 51.9 Å². The number of carboxylic acid groups (broad SMARTS) is 2. The standard InChI is InChI=1S/C31H35NO9S/c1-17-8-21-15-32(29(34)10-19(3)31(37)38)16-22(21)12-24(17)40-6-5-7-41-26-11-20-13-28(23(33)9-18(2)30(35)36)42-27(20)14-25(26)39-4/h8,11-14,18-19H,5-7,9-10,15-16H2,1-4H3,(H,35,36)(H,37,38)/t18-,19-/m0/s1. The summed E-state index contributed by atoms with van der Waals surface area (Å²) in [7, 11) is 1.55. The van der Waals surface area contributed by atoms with E-state index in [1.54, 1.807) is 18.1 Å². The summed E-state index contributed by atoms with van der Waals surface area (Å²) in [5, 5.41) is 19.0. The molecular weight excluding hydrogens is 562 g/mol. The zero-order valence-corrected chi connectivity index (χ0v) is 24.9. The molecule has 2 atom stereocenters. The lowest BCUT2D eigenvalue weighted by molar-refractivity contribution is -0.145. The molecule has 4 rings (SSSR count). The number of nitrogens with zero attached hydrogens (tertiary/aromatic N) is 1. The van der Waals surface area contributed by atoms with E-state index in [4.69, 9.17) is 24.4 Å². The Kier molecular flexibility index (Phi) is 9.72. The highest BCUT2D eigenvalue weighted by Crippen LogP contribution is 2.37. The molecule has 0 spiro atoms. The summed E-state index contributed by atoms with van der Waals surface area (Å²) in [6.45, 7) is 6.65. The summed E-state index contributed by atoms with van der Waals surface area (Å²) in [5.74, 6) is -2.04. The Morgan fingerprint density at radius 3 is 2.12 bits per heavy atom. The van der Waals surface area contributed by atoms with Gasteiger partial charge in [0, 0.05) is 43.1 Å². The Balaban J connectivity index is 1.31. The third-order valence-corrected chi connectivity index (χ3v) is 8.41. The van der Waals surface area contributed by atoms with E-state index in [0.717, 1.165) is 32.5 Å². The van der Waals surface area contributed by atoms with E-state index >= 15 is 0 Å². The van der Waals surface area contributed by atoms with Gasteiger partial charge in [0.2, 0.25) is 5.91 Å². The second-order valence-corrected chi connectivity index (χ2v) is 11.7. The van der Waals surface area contributed by atoms with E-state index in [-0.39, 0.29) is 24.5 Å². The Morgan fingerprint density at radius 1 is 0.857 bits per heavy atom. The maximum absolute atomic E-state index is 12.6. The first-order valence-corrected chi connectivity index (χ1v) is 14.5. The molecule has 0 radical (unpaired) electrons. The fourth-order valence-electron chi connectivity index (χ4n) is 4.71. The molecule has 42 heavy (non-hydrogen) atoms. The third-order valence-electron chi connectivity index (χ3n) is 7.27. The summed E-state index contributed by atoms with van der Waals surface area (Å²) >= 11 is 1.30. The van der Waals surface area contributed by atoms with Crippen LogP contribution in [0, 0.1) is 18.8 Å². The molecule has 0 saturated heterocycles. The van der Waals surface area contributed by atoms with Crippen molar-refractivity contribution in [2.24, 2.45) is 11.8 Å². The zero-order valence-electron chi connectivity index (χ0n) is 24.1. The van der Waals surface area contributed by atoms with Gasteiger partial charge in [0.1, 0.15) is 5.75 Å². The first kappa shape index (κ1) is 30.8. The average molecular weight is 598 g/mol. The van der Waals surface area contributed by atoms with Crippen LogP contribution in [0.25, 0.3) is 10.1 Å². The highest BCUT2D eigenvalue weighted by atomic mass is 32.1. The minimum Gasteiger partial charge on any atom is -0.493 e. The Hall–Kier alpha value is -4.12. The van der Waals surface area contributed by atoms with Crippen LogP contribution in [0.5, 0.6) is 17.2 Å². The van der Waals surface area contributed by atoms with Crippen molar-refractivity contribution >= 4 is 45.1 Å². The van der Waals surface area contributed by atoms with Gasteiger partial charge >= 0.3 is 11.9 Å². The van der Waals surface area contributed by atoms with Gasteiger partial charge < -0.3 is 29.3 Å². The number of thiophene rings is 1. The fraction of sp³-hybridized carbons (Fsp3) is 0.419. The van der Waals surface area contributed by atoms with Crippen LogP contribution in [0.15, 0.2) is 30.3 Å². The molecule has 10 nitrogen and oxygen atoms in total. The topological polar surface area (TPSA) is 140 Å². The smallest absolute Gasteiger partial charge is 0.306 e. The average Bonchev–Trinajstić information content (AvgIpc) is 3.55. The van der Waals surface area contributed by atoms with Crippen molar-refractivity contribution in [1.29, 1.82) is 0 Å². The van der Waals surface area contributed by atoms with Gasteiger partial charge in [0.15, 0.2) is 17.3 Å². The van der Waals surface area contributed by atoms with Gasteiger partial charge in [-0.15, -0.1) is 11.3 Å². The molecule has 11 heteroatoms. The van der Waals surface area contributed by atoms with E-state index in [1.165, 1.54) is 25.2 Å². The normalized spacial score (nSPS) is 13.9. The minimum absolute atomic E-state index is 0.0266. The second-order valence-electron chi connectivity index (χ2n) is 10.6. The molecule has 0 aliphatic carbocycles. The van der Waals surface area contributed by atoms with Crippen LogP contribution in [-0.2, 0) is 27.5 Å². The fourth-order valence-corrected chi connectivity index (χ4v) is 5.73. The van der Waals surface area contributed by atoms with Gasteiger partial charge in [-0.05, 0) is 47.2 Å². The van der Waals surface area contributed by atoms with Crippen molar-refractivity contribution in [2.75, 3.05) is 20.3 Å². The third kappa shape index (κ3) is 7.20. The number of aryl methyl sites for hydroxylation is 1. The minimum atomic E-state index is -1.00. The lowest BCUT2D eigenvalue weighted by Crippen LogP contribution is -2.28. The summed E-state index contributed by atoms with van der Waals surface area (Å²) in [6.07, 6.45) is 0.506. The number of rotatable bonds is 14. The highest BCUT2D eigenvalue weighted by Gasteiger charge is 2.27. The number of carbonyl (C=O) groups is 4. The molecule has 2 heterocycles. The maximum Gasteiger partial charge on any atom is 0.306 e. The first-order valence-electron chi connectivity index (χ1n) is 13.7. The van der Waals surface area contributed by atoms with Gasteiger partial charge in [-0.25, -0.2) is 0 Å². The predicted octanol–water partition coefficient (Wildman–Crippen LogP) is 5.31. The number of ketones is 1. The number of carboxylic acids is 2. The monoisotopic (exact) mass is 597 g/mol. The number of hydrogen-bond acceptors (Lipinski definition) is 8. The lowest BCUT2D eigenvalue weighted by atomic mass is 10.0. The molecule has 0 saturated carbocycles. The molecule has 2 aromatic carbocycles. The number of fused-ring (bicyclic) bond motifs is 2. The molecule has 224 valence electrons. The molecule has 2 N–H and O–H groups in total. The first-order chi connectivity index (χ1) is 20.0. The van der Waals surface area contributed by atoms with E-state index in [1.807, 2.05) is 31.2 Å². The Bertz CT molecular complexity index is 1510. The van der Waals surface area contributed by atoms with E-state index in [0.29, 0.717) is 49.1 Å². The van der Waals surface area contributed by atoms with Crippen LogP contribution in [0.3, 0.4) is 0 Å². The van der Waals surface area contributed by atoms with E-state index in [9.17, 15) is 19.2 Å². The molecule has 1 aliphatic heterocycles. The van der Waals surface area contributed by atoms with Crippen molar-refractivity contribution in [2.45, 2.75) is 53.1 Å². The van der Waals surface area contributed by atoms with Crippen LogP contribution in [-0.4, -0.2) is 59.1 Å². The SMILES string of the molecule is COc1cc2sc(C(=O)C[C@H](C)C(=O)O)cc2cc1OCCCOc1cc2c(cc1C)CN(C(=O)C[C@H](C)C(=O)O)C2. The number of amides is 1. The van der Waals surface area contributed by atoms with Crippen LogP contribution < -0.4 is 14.2 Å². The maximum atomic E-state index is 12.6. The highest BCUT2D eigenvalue weighted by molar-refractivity contribution is 7.20. The number of aliphatic carboxylic acids is 2. The van der Waals surface area contributed by atoms with Crippen molar-refractivity contribution < 1.29 is 43.6 Å². The number of ether oxygens (including phenoxy) is 3. The lowest BCUT2D eigenvalue weighted by Gasteiger charge is -2.16. The van der Waals surface area contributed by atoms with Crippen molar-refractivity contribution in [3.8, 4) is 17.2 Å². The molecular formula is C31H35NO9S. The molecule has 0 fully saturated rings. The van der Waals surface area contributed by atoms with Crippen molar-refractivity contribution in [3.63, 3.8) is 0 Å². The summed E-state index contributed by atoms with van der Waals surface area (Å²) in [4.78, 5) is 49.5. The van der Waals surface area contributed by atoms with Crippen LogP contribution in [0.1, 0.15) is 59.5 Å². The number of Topliss-reactive ketones (excluding diaryl/α,β-unsaturated/α-hetero) is 1. The predicted molar refractivity (Wildman–Crippen MR) is 157 cm³/mol. The molecule has 0 unspecified atom stereocenters. The summed E-state index contributed by atoms with van der Waals surface area (Å²) < 4.78 is 18.3. The largest absolute Gasteiger partial charge is 0.493 e. The van der Waals surface area contributed by atoms with Crippen LogP contribution in [0.2, 0.25) is 0 Å². The van der Waals surface area contributed by atoms with E-state index in [2.05, 4.69) is 0 Å². The molecule has 1 amide bonds. The molecule has 3 aromatic rings. The van der Waals surface area contributed by atoms with Gasteiger partial charge in [-0.1, -0.05) is 19.9 Å². The number of methoxy groups -OCH3 is 1. The number of hydrogen-bond donors (Lipinski definition) is 2. The van der Waals surface area contributed by atoms with Gasteiger partial charge in [-0.3, -0.25) is 19.2 Å². The number of carbonyl (C=O) groups excluding carboxylic acids is 2. The molecule has 1 aliphatic rings. The Labute approximate surface area is 247 Å². The van der Waals surface area contributed by atoms with Crippen LogP contribution >= 0.6 is 11.3 Å². The molecule has 0 bridgehead atoms. The van der Waals surface area contributed by atoms with Gasteiger partial charge in [0.05, 0.1) is 37.0 Å². The summed E-state index contributed by atoms with van der Waals surface area (Å²) in [5.41, 5.74) is 2.99. The zero-order chi connectivity index (χ0) is 30.6.